The van der Waals surface area contributed by atoms with Crippen LogP contribution >= 0.6 is 9.24 Å². The predicted octanol–water partition coefficient (Wildman–Crippen LogP) is 4.90. The fourth-order valence-corrected chi connectivity index (χ4v) is 4.87. The molecule has 1 heterocycles. The maximum Gasteiger partial charge on any atom is 0.256 e. The van der Waals surface area contributed by atoms with Crippen LogP contribution in [-0.4, -0.2) is 47.2 Å². The summed E-state index contributed by atoms with van der Waals surface area (Å²) in [5, 5.41) is 17.4. The van der Waals surface area contributed by atoms with Crippen molar-refractivity contribution in [3.8, 4) is 0 Å². The molecule has 3 unspecified atom stereocenters. The average Bonchev–Trinajstić information content (AvgIpc) is 2.80. The molecule has 1 saturated heterocycles. The van der Waals surface area contributed by atoms with Crippen LogP contribution in [0.1, 0.15) is 62.4 Å². The maximum absolute atomic E-state index is 15.0. The van der Waals surface area contributed by atoms with E-state index in [9.17, 15) is 14.3 Å². The lowest BCUT2D eigenvalue weighted by Crippen LogP contribution is -2.68. The summed E-state index contributed by atoms with van der Waals surface area (Å²) in [6.45, 7) is 8.97. The summed E-state index contributed by atoms with van der Waals surface area (Å²) in [6.07, 6.45) is 4.58. The molecule has 3 rings (SSSR count). The number of amides is 1. The summed E-state index contributed by atoms with van der Waals surface area (Å²) >= 11 is 0. The normalized spacial score (nSPS) is 16.5. The van der Waals surface area contributed by atoms with Gasteiger partial charge in [-0.25, -0.2) is 8.78 Å². The number of carbonyl (C=O) groups is 1. The molecule has 35 heavy (non-hydrogen) atoms. The van der Waals surface area contributed by atoms with E-state index in [1.807, 2.05) is 0 Å². The number of aliphatic hydroxyl groups is 1. The van der Waals surface area contributed by atoms with Crippen molar-refractivity contribution in [2.45, 2.75) is 65.0 Å². The van der Waals surface area contributed by atoms with Crippen molar-refractivity contribution in [2.75, 3.05) is 25.0 Å². The summed E-state index contributed by atoms with van der Waals surface area (Å²) in [7, 11) is 2.28. The van der Waals surface area contributed by atoms with E-state index in [0.717, 1.165) is 24.8 Å². The third-order valence-corrected chi connectivity index (χ3v) is 7.40. The Morgan fingerprint density at radius 2 is 1.94 bits per heavy atom. The van der Waals surface area contributed by atoms with E-state index < -0.39 is 23.1 Å². The minimum absolute atomic E-state index is 0.0749. The number of hydrogen-bond acceptors (Lipinski definition) is 4. The van der Waals surface area contributed by atoms with Gasteiger partial charge in [-0.3, -0.25) is 4.79 Å². The molecule has 0 radical (unpaired) electrons. The van der Waals surface area contributed by atoms with Crippen LogP contribution in [0, 0.1) is 24.5 Å². The topological polar surface area (TPSA) is 64.6 Å². The summed E-state index contributed by atoms with van der Waals surface area (Å²) in [6, 6.07) is 7.88. The first-order valence-corrected chi connectivity index (χ1v) is 13.0. The van der Waals surface area contributed by atoms with Crippen molar-refractivity contribution in [2.24, 2.45) is 5.92 Å². The Bertz CT molecular complexity index is 1040. The fourth-order valence-electron chi connectivity index (χ4n) is 4.63. The lowest BCUT2D eigenvalue weighted by atomic mass is 9.89. The van der Waals surface area contributed by atoms with Gasteiger partial charge in [0.15, 0.2) is 5.82 Å². The molecule has 2 aromatic rings. The molecule has 1 aliphatic heterocycles. The molecule has 2 aromatic carbocycles. The molecule has 0 spiro atoms. The first kappa shape index (κ1) is 27.5. The lowest BCUT2D eigenvalue weighted by molar-refractivity contribution is -0.0803. The number of unbranched alkanes of at least 4 members (excludes halogenated alkanes) is 1. The zero-order valence-electron chi connectivity index (χ0n) is 21.1. The number of aryl methyl sites for hydroxylation is 1. The number of hydrogen-bond donors (Lipinski definition) is 3. The zero-order chi connectivity index (χ0) is 25.8. The van der Waals surface area contributed by atoms with Gasteiger partial charge in [0.05, 0.1) is 30.0 Å². The summed E-state index contributed by atoms with van der Waals surface area (Å²) in [4.78, 5) is 14.7. The van der Waals surface area contributed by atoms with Crippen molar-refractivity contribution in [3.05, 3.63) is 53.1 Å². The van der Waals surface area contributed by atoms with Gasteiger partial charge in [0.2, 0.25) is 0 Å². The van der Waals surface area contributed by atoms with Crippen molar-refractivity contribution in [1.82, 2.24) is 10.2 Å². The van der Waals surface area contributed by atoms with E-state index in [-0.39, 0.29) is 41.4 Å². The van der Waals surface area contributed by atoms with Crippen LogP contribution in [0.15, 0.2) is 30.3 Å². The van der Waals surface area contributed by atoms with Gasteiger partial charge in [-0.15, -0.1) is 9.24 Å². The third-order valence-electron chi connectivity index (χ3n) is 6.96. The Hall–Kier alpha value is -2.08. The molecule has 1 aliphatic rings. The van der Waals surface area contributed by atoms with Gasteiger partial charge in [-0.1, -0.05) is 45.2 Å². The van der Waals surface area contributed by atoms with Crippen molar-refractivity contribution in [1.29, 1.82) is 0 Å². The van der Waals surface area contributed by atoms with Gasteiger partial charge in [0.1, 0.15) is 11.4 Å². The molecular weight excluding hydrogens is 467 g/mol. The molecule has 192 valence electrons. The quantitative estimate of drug-likeness (QED) is 0.380. The summed E-state index contributed by atoms with van der Waals surface area (Å²) in [5.74, 6) is -1.03. The van der Waals surface area contributed by atoms with E-state index in [0.29, 0.717) is 12.5 Å². The van der Waals surface area contributed by atoms with Gasteiger partial charge in [-0.05, 0) is 49.9 Å². The number of halogens is 2. The monoisotopic (exact) mass is 505 g/mol. The fraction of sp³-hybridized carbons (Fsp3) is 0.519. The predicted molar refractivity (Wildman–Crippen MR) is 142 cm³/mol. The van der Waals surface area contributed by atoms with Gasteiger partial charge in [0, 0.05) is 17.9 Å². The number of nitrogens with one attached hydrogen (secondary N) is 2. The largest absolute Gasteiger partial charge is 0.385 e. The van der Waals surface area contributed by atoms with Gasteiger partial charge < -0.3 is 20.6 Å². The first-order valence-electron chi connectivity index (χ1n) is 12.4. The highest BCUT2D eigenvalue weighted by atomic mass is 31.0. The van der Waals surface area contributed by atoms with Crippen molar-refractivity contribution >= 4 is 31.8 Å². The van der Waals surface area contributed by atoms with Crippen LogP contribution in [0.2, 0.25) is 0 Å². The molecule has 0 aliphatic carbocycles. The number of benzene rings is 2. The number of β-amino-alcohol motifs (C(OH)–C–C–N with tert-alkyl or cyclic N) is 1. The molecule has 3 N–H and O–H groups in total. The third kappa shape index (κ3) is 6.58. The SMILES string of the molecule is CCCCC(CC)C(C)NCC1(O)CN(C(=O)c2ccc(P)c(F)c2Nc2ccc(C)cc2F)C1. The minimum Gasteiger partial charge on any atom is -0.385 e. The minimum atomic E-state index is -1.03. The Morgan fingerprint density at radius 1 is 1.23 bits per heavy atom. The molecule has 0 aromatic heterocycles. The number of carbonyl (C=O) groups excluding carboxylic acids is 1. The van der Waals surface area contributed by atoms with Crippen molar-refractivity contribution < 1.29 is 18.7 Å². The van der Waals surface area contributed by atoms with E-state index in [1.165, 1.54) is 35.6 Å². The van der Waals surface area contributed by atoms with Crippen molar-refractivity contribution in [3.63, 3.8) is 0 Å². The zero-order valence-corrected chi connectivity index (χ0v) is 22.3. The first-order chi connectivity index (χ1) is 16.6. The Kier molecular flexibility index (Phi) is 9.25. The molecule has 0 saturated carbocycles. The molecule has 8 heteroatoms. The second-order valence-corrected chi connectivity index (χ2v) is 10.5. The highest BCUT2D eigenvalue weighted by Gasteiger charge is 2.44. The van der Waals surface area contributed by atoms with Crippen LogP contribution in [0.3, 0.4) is 0 Å². The van der Waals surface area contributed by atoms with E-state index in [2.05, 4.69) is 40.6 Å². The van der Waals surface area contributed by atoms with Crippen LogP contribution < -0.4 is 15.9 Å². The van der Waals surface area contributed by atoms with Crippen LogP contribution in [0.5, 0.6) is 0 Å². The lowest BCUT2D eigenvalue weighted by Gasteiger charge is -2.47. The summed E-state index contributed by atoms with van der Waals surface area (Å²) < 4.78 is 29.4. The van der Waals surface area contributed by atoms with Crippen LogP contribution in [0.4, 0.5) is 20.2 Å². The van der Waals surface area contributed by atoms with Gasteiger partial charge >= 0.3 is 0 Å². The highest BCUT2D eigenvalue weighted by Crippen LogP contribution is 2.30. The van der Waals surface area contributed by atoms with Gasteiger partial charge in [0.25, 0.3) is 5.91 Å². The molecule has 5 nitrogen and oxygen atoms in total. The standard InChI is InChI=1S/C27H38F2N3O2P/c1-5-7-8-19(6-2)18(4)30-14-27(34)15-32(16-27)26(33)20-10-12-23(35)24(29)25(20)31-22-11-9-17(3)13-21(22)28/h9-13,18-19,30-31,34H,5-8,14-16,35H2,1-4H3. The number of rotatable bonds is 11. The molecule has 1 amide bonds. The van der Waals surface area contributed by atoms with Crippen LogP contribution in [0.25, 0.3) is 0 Å². The Balaban J connectivity index is 1.68. The Morgan fingerprint density at radius 3 is 2.57 bits per heavy atom. The van der Waals surface area contributed by atoms with Crippen LogP contribution in [-0.2, 0) is 0 Å². The second kappa shape index (κ2) is 11.8. The molecule has 3 atom stereocenters. The van der Waals surface area contributed by atoms with E-state index >= 15 is 4.39 Å². The Labute approximate surface area is 209 Å². The number of nitrogens with zero attached hydrogens (tertiary/aromatic N) is 1. The molecular formula is C27H38F2N3O2P. The molecule has 1 fully saturated rings. The molecule has 0 bridgehead atoms. The highest BCUT2D eigenvalue weighted by molar-refractivity contribution is 7.27. The smallest absolute Gasteiger partial charge is 0.256 e. The summed E-state index contributed by atoms with van der Waals surface area (Å²) in [5.41, 5.74) is -0.172. The van der Waals surface area contributed by atoms with E-state index in [1.54, 1.807) is 13.0 Å². The maximum atomic E-state index is 15.0. The second-order valence-electron chi connectivity index (χ2n) is 9.87. The average molecular weight is 506 g/mol. The number of anilines is 2. The van der Waals surface area contributed by atoms with E-state index in [4.69, 9.17) is 0 Å². The van der Waals surface area contributed by atoms with Gasteiger partial charge in [-0.2, -0.15) is 0 Å². The number of likely N-dealkylation sites (tertiary alicyclic amines) is 1.